The molecule has 1 heterocycles. The molecule has 0 bridgehead atoms. The van der Waals surface area contributed by atoms with Gasteiger partial charge in [0.05, 0.1) is 11.4 Å². The minimum Gasteiger partial charge on any atom is -0.381 e. The zero-order valence-corrected chi connectivity index (χ0v) is 14.5. The molecule has 7 heteroatoms. The van der Waals surface area contributed by atoms with Crippen LogP contribution in [0.2, 0.25) is 0 Å². The van der Waals surface area contributed by atoms with Gasteiger partial charge >= 0.3 is 0 Å². The van der Waals surface area contributed by atoms with Gasteiger partial charge in [-0.1, -0.05) is 13.0 Å². The van der Waals surface area contributed by atoms with E-state index in [4.69, 9.17) is 4.74 Å². The predicted octanol–water partition coefficient (Wildman–Crippen LogP) is 2.28. The molecule has 0 unspecified atom stereocenters. The van der Waals surface area contributed by atoms with E-state index in [1.807, 2.05) is 0 Å². The Morgan fingerprint density at radius 1 is 1.30 bits per heavy atom. The number of halogens is 1. The summed E-state index contributed by atoms with van der Waals surface area (Å²) in [6.07, 6.45) is 1.96. The molecule has 0 atom stereocenters. The van der Waals surface area contributed by atoms with Crippen molar-refractivity contribution in [3.63, 3.8) is 0 Å². The Labute approximate surface area is 137 Å². The van der Waals surface area contributed by atoms with Crippen LogP contribution in [-0.2, 0) is 14.8 Å². The van der Waals surface area contributed by atoms with Crippen LogP contribution in [-0.4, -0.2) is 40.5 Å². The van der Waals surface area contributed by atoms with Gasteiger partial charge in [0.15, 0.2) is 0 Å². The number of benzene rings is 1. The van der Waals surface area contributed by atoms with Crippen molar-refractivity contribution < 1.29 is 17.5 Å². The van der Waals surface area contributed by atoms with Crippen LogP contribution in [0, 0.1) is 18.2 Å². The highest BCUT2D eigenvalue weighted by Gasteiger charge is 2.26. The van der Waals surface area contributed by atoms with Crippen LogP contribution in [0.25, 0.3) is 0 Å². The zero-order valence-electron chi connectivity index (χ0n) is 13.7. The SMILES string of the molecule is Cc1ccc(NS(=O)(=O)CCNCC2(C)CCOCC2)cc1F. The molecule has 0 amide bonds. The van der Waals surface area contributed by atoms with E-state index in [1.165, 1.54) is 6.07 Å². The Morgan fingerprint density at radius 2 is 2.00 bits per heavy atom. The lowest BCUT2D eigenvalue weighted by Gasteiger charge is -2.33. The molecule has 1 fully saturated rings. The summed E-state index contributed by atoms with van der Waals surface area (Å²) < 4.78 is 45.3. The summed E-state index contributed by atoms with van der Waals surface area (Å²) in [4.78, 5) is 0. The summed E-state index contributed by atoms with van der Waals surface area (Å²) in [5.74, 6) is -0.467. The highest BCUT2D eigenvalue weighted by atomic mass is 32.2. The van der Waals surface area contributed by atoms with Crippen LogP contribution in [0.15, 0.2) is 18.2 Å². The first-order valence-corrected chi connectivity index (χ1v) is 9.50. The molecule has 0 aromatic heterocycles. The summed E-state index contributed by atoms with van der Waals surface area (Å²) in [6, 6.07) is 4.31. The Balaban J connectivity index is 1.78. The number of sulfonamides is 1. The van der Waals surface area contributed by atoms with Gasteiger partial charge in [0.1, 0.15) is 5.82 Å². The van der Waals surface area contributed by atoms with Crippen LogP contribution < -0.4 is 10.0 Å². The van der Waals surface area contributed by atoms with E-state index in [0.29, 0.717) is 12.1 Å². The largest absolute Gasteiger partial charge is 0.381 e. The first kappa shape index (κ1) is 18.2. The molecule has 1 aliphatic rings. The van der Waals surface area contributed by atoms with Crippen LogP contribution in [0.5, 0.6) is 0 Å². The molecule has 5 nitrogen and oxygen atoms in total. The first-order chi connectivity index (χ1) is 10.8. The second-order valence-corrected chi connectivity index (χ2v) is 8.33. The summed E-state index contributed by atoms with van der Waals surface area (Å²) in [5, 5.41) is 3.21. The standard InChI is InChI=1S/C16H25FN2O3S/c1-13-3-4-14(11-15(13)17)19-23(20,21)10-7-18-12-16(2)5-8-22-9-6-16/h3-4,11,18-19H,5-10,12H2,1-2H3. The number of aryl methyl sites for hydroxylation is 1. The predicted molar refractivity (Wildman–Crippen MR) is 89.6 cm³/mol. The molecular weight excluding hydrogens is 319 g/mol. The molecule has 0 radical (unpaired) electrons. The summed E-state index contributed by atoms with van der Waals surface area (Å²) >= 11 is 0. The Bertz CT molecular complexity index is 628. The van der Waals surface area contributed by atoms with E-state index in [1.54, 1.807) is 19.1 Å². The van der Waals surface area contributed by atoms with E-state index in [2.05, 4.69) is 17.0 Å². The van der Waals surface area contributed by atoms with Gasteiger partial charge in [-0.05, 0) is 42.9 Å². The van der Waals surface area contributed by atoms with Gasteiger partial charge in [-0.25, -0.2) is 12.8 Å². The highest BCUT2D eigenvalue weighted by Crippen LogP contribution is 2.28. The van der Waals surface area contributed by atoms with Crippen LogP contribution in [0.1, 0.15) is 25.3 Å². The third-order valence-corrected chi connectivity index (χ3v) is 5.53. The van der Waals surface area contributed by atoms with Gasteiger partial charge in [-0.15, -0.1) is 0 Å². The molecular formula is C16H25FN2O3S. The fraction of sp³-hybridized carbons (Fsp3) is 0.625. The Morgan fingerprint density at radius 3 is 2.65 bits per heavy atom. The maximum atomic E-state index is 13.5. The molecule has 0 spiro atoms. The number of ether oxygens (including phenoxy) is 1. The third-order valence-electron chi connectivity index (χ3n) is 4.24. The smallest absolute Gasteiger partial charge is 0.233 e. The van der Waals surface area contributed by atoms with Crippen molar-refractivity contribution in [1.82, 2.24) is 5.32 Å². The Kier molecular flexibility index (Phi) is 6.00. The van der Waals surface area contributed by atoms with Gasteiger partial charge in [0.2, 0.25) is 10.0 Å². The minimum atomic E-state index is -3.49. The maximum Gasteiger partial charge on any atom is 0.233 e. The van der Waals surface area contributed by atoms with Gasteiger partial charge in [-0.3, -0.25) is 4.72 Å². The highest BCUT2D eigenvalue weighted by molar-refractivity contribution is 7.92. The molecule has 0 saturated carbocycles. The molecule has 130 valence electrons. The van der Waals surface area contributed by atoms with E-state index in [0.717, 1.165) is 32.6 Å². The molecule has 1 saturated heterocycles. The van der Waals surface area contributed by atoms with Crippen molar-refractivity contribution in [3.05, 3.63) is 29.6 Å². The zero-order chi connectivity index (χ0) is 16.9. The van der Waals surface area contributed by atoms with Crippen molar-refractivity contribution in [2.45, 2.75) is 26.7 Å². The average Bonchev–Trinajstić information content (AvgIpc) is 2.48. The van der Waals surface area contributed by atoms with Crippen LogP contribution in [0.3, 0.4) is 0 Å². The lowest BCUT2D eigenvalue weighted by molar-refractivity contribution is 0.0244. The summed E-state index contributed by atoms with van der Waals surface area (Å²) in [6.45, 7) is 6.47. The number of anilines is 1. The lowest BCUT2D eigenvalue weighted by atomic mass is 9.82. The molecule has 2 rings (SSSR count). The van der Waals surface area contributed by atoms with Crippen molar-refractivity contribution in [1.29, 1.82) is 0 Å². The van der Waals surface area contributed by atoms with Gasteiger partial charge in [-0.2, -0.15) is 0 Å². The number of nitrogens with one attached hydrogen (secondary N) is 2. The fourth-order valence-corrected chi connectivity index (χ4v) is 3.53. The number of hydrogen-bond acceptors (Lipinski definition) is 4. The van der Waals surface area contributed by atoms with E-state index >= 15 is 0 Å². The quantitative estimate of drug-likeness (QED) is 0.745. The Hall–Kier alpha value is -1.18. The maximum absolute atomic E-state index is 13.5. The molecule has 1 aromatic rings. The third kappa shape index (κ3) is 5.75. The van der Waals surface area contributed by atoms with Crippen LogP contribution >= 0.6 is 0 Å². The van der Waals surface area contributed by atoms with Gasteiger partial charge in [0.25, 0.3) is 0 Å². The van der Waals surface area contributed by atoms with Crippen molar-refractivity contribution >= 4 is 15.7 Å². The minimum absolute atomic E-state index is 0.0466. The molecule has 23 heavy (non-hydrogen) atoms. The van der Waals surface area contributed by atoms with Crippen molar-refractivity contribution in [3.8, 4) is 0 Å². The van der Waals surface area contributed by atoms with Crippen molar-refractivity contribution in [2.75, 3.05) is 36.8 Å². The normalized spacial score (nSPS) is 17.9. The lowest BCUT2D eigenvalue weighted by Crippen LogP contribution is -2.38. The fourth-order valence-electron chi connectivity index (χ4n) is 2.52. The topological polar surface area (TPSA) is 67.4 Å². The number of rotatable bonds is 7. The average molecular weight is 344 g/mol. The number of hydrogen-bond donors (Lipinski definition) is 2. The molecule has 1 aliphatic heterocycles. The second-order valence-electron chi connectivity index (χ2n) is 6.48. The van der Waals surface area contributed by atoms with E-state index < -0.39 is 15.8 Å². The molecule has 0 aliphatic carbocycles. The first-order valence-electron chi connectivity index (χ1n) is 7.85. The van der Waals surface area contributed by atoms with E-state index in [9.17, 15) is 12.8 Å². The molecule has 2 N–H and O–H groups in total. The molecule has 1 aromatic carbocycles. The summed E-state index contributed by atoms with van der Waals surface area (Å²) in [7, 11) is -3.49. The van der Waals surface area contributed by atoms with E-state index in [-0.39, 0.29) is 16.9 Å². The summed E-state index contributed by atoms with van der Waals surface area (Å²) in [5.41, 5.74) is 0.902. The van der Waals surface area contributed by atoms with Gasteiger partial charge in [0, 0.05) is 26.3 Å². The van der Waals surface area contributed by atoms with Crippen molar-refractivity contribution in [2.24, 2.45) is 5.41 Å². The van der Waals surface area contributed by atoms with Gasteiger partial charge < -0.3 is 10.1 Å². The van der Waals surface area contributed by atoms with Crippen LogP contribution in [0.4, 0.5) is 10.1 Å². The second kappa shape index (κ2) is 7.59. The monoisotopic (exact) mass is 344 g/mol.